The quantitative estimate of drug-likeness (QED) is 0.280. The van der Waals surface area contributed by atoms with Gasteiger partial charge in [-0.1, -0.05) is 60.3 Å². The van der Waals surface area contributed by atoms with Crippen molar-refractivity contribution in [3.63, 3.8) is 0 Å². The molecular formula is C28H26FN5OS. The van der Waals surface area contributed by atoms with Gasteiger partial charge in [-0.15, -0.1) is 10.2 Å². The van der Waals surface area contributed by atoms with Gasteiger partial charge < -0.3 is 9.47 Å². The van der Waals surface area contributed by atoms with Crippen LogP contribution in [0.25, 0.3) is 11.4 Å². The normalized spacial score (nSPS) is 10.7. The molecule has 1 amide bonds. The van der Waals surface area contributed by atoms with E-state index in [1.807, 2.05) is 54.8 Å². The van der Waals surface area contributed by atoms with Gasteiger partial charge in [0.25, 0.3) is 0 Å². The van der Waals surface area contributed by atoms with Gasteiger partial charge in [0.2, 0.25) is 5.91 Å². The summed E-state index contributed by atoms with van der Waals surface area (Å²) in [7, 11) is 0. The molecule has 6 nitrogen and oxygen atoms in total. The summed E-state index contributed by atoms with van der Waals surface area (Å²) in [6.45, 7) is 5.35. The van der Waals surface area contributed by atoms with Gasteiger partial charge in [0, 0.05) is 25.2 Å². The Morgan fingerprint density at radius 1 is 1.03 bits per heavy atom. The van der Waals surface area contributed by atoms with E-state index < -0.39 is 0 Å². The van der Waals surface area contributed by atoms with Crippen LogP contribution in [0.1, 0.15) is 29.2 Å². The van der Waals surface area contributed by atoms with Crippen LogP contribution in [0.5, 0.6) is 0 Å². The fraction of sp³-hybridized carbons (Fsp3) is 0.214. The third-order valence-electron chi connectivity index (χ3n) is 5.82. The molecule has 8 heteroatoms. The van der Waals surface area contributed by atoms with Crippen LogP contribution >= 0.6 is 11.8 Å². The molecule has 1 aromatic heterocycles. The van der Waals surface area contributed by atoms with Crippen molar-refractivity contribution in [3.05, 3.63) is 101 Å². The van der Waals surface area contributed by atoms with Gasteiger partial charge in [0.15, 0.2) is 11.0 Å². The first-order valence-electron chi connectivity index (χ1n) is 11.6. The Balaban J connectivity index is 1.53. The fourth-order valence-electron chi connectivity index (χ4n) is 3.91. The zero-order chi connectivity index (χ0) is 25.5. The second kappa shape index (κ2) is 11.6. The molecule has 0 aliphatic carbocycles. The van der Waals surface area contributed by atoms with Crippen LogP contribution in [0.3, 0.4) is 0 Å². The number of hydrogen-bond donors (Lipinski definition) is 0. The minimum Gasteiger partial charge on any atom is -0.333 e. The fourth-order valence-corrected chi connectivity index (χ4v) is 4.82. The summed E-state index contributed by atoms with van der Waals surface area (Å²) >= 11 is 1.34. The van der Waals surface area contributed by atoms with Gasteiger partial charge in [-0.3, -0.25) is 4.79 Å². The molecule has 0 fully saturated rings. The number of aromatic nitrogens is 3. The van der Waals surface area contributed by atoms with Crippen LogP contribution in [0.15, 0.2) is 78.0 Å². The maximum atomic E-state index is 13.8. The summed E-state index contributed by atoms with van der Waals surface area (Å²) in [4.78, 5) is 15.1. The van der Waals surface area contributed by atoms with Crippen molar-refractivity contribution in [1.82, 2.24) is 19.7 Å². The highest BCUT2D eigenvalue weighted by Gasteiger charge is 2.19. The molecule has 4 aromatic rings. The lowest BCUT2D eigenvalue weighted by molar-refractivity contribution is -0.129. The maximum absolute atomic E-state index is 13.8. The first-order chi connectivity index (χ1) is 17.5. The maximum Gasteiger partial charge on any atom is 0.233 e. The number of rotatable bonds is 9. The Kier molecular flexibility index (Phi) is 8.13. The lowest BCUT2D eigenvalue weighted by Gasteiger charge is -2.23. The number of amides is 1. The minimum absolute atomic E-state index is 0.100. The molecule has 3 aromatic carbocycles. The monoisotopic (exact) mass is 499 g/mol. The second-order valence-electron chi connectivity index (χ2n) is 8.34. The van der Waals surface area contributed by atoms with Crippen LogP contribution in [0.2, 0.25) is 0 Å². The van der Waals surface area contributed by atoms with Crippen LogP contribution in [0.4, 0.5) is 4.39 Å². The number of nitrogens with zero attached hydrogens (tertiary/aromatic N) is 5. The third-order valence-corrected chi connectivity index (χ3v) is 6.77. The van der Waals surface area contributed by atoms with E-state index in [4.69, 9.17) is 5.26 Å². The number of carbonyl (C=O) groups is 1. The van der Waals surface area contributed by atoms with E-state index in [9.17, 15) is 9.18 Å². The number of thioether (sulfide) groups is 1. The highest BCUT2D eigenvalue weighted by atomic mass is 32.2. The average molecular weight is 500 g/mol. The number of benzene rings is 3. The van der Waals surface area contributed by atoms with Gasteiger partial charge in [0.1, 0.15) is 5.82 Å². The van der Waals surface area contributed by atoms with E-state index in [1.165, 1.54) is 23.9 Å². The first kappa shape index (κ1) is 25.1. The molecular weight excluding hydrogens is 473 g/mol. The molecule has 0 N–H and O–H groups in total. The minimum atomic E-state index is -0.340. The SMILES string of the molecule is CCn1c(SCC(=O)N(Cc2ccc(C#N)cc2)Cc2cccc(F)c2)nnc1-c1ccccc1C. The first-order valence-corrected chi connectivity index (χ1v) is 12.6. The molecule has 4 rings (SSSR count). The smallest absolute Gasteiger partial charge is 0.233 e. The van der Waals surface area contributed by atoms with E-state index in [-0.39, 0.29) is 24.0 Å². The largest absolute Gasteiger partial charge is 0.333 e. The number of aryl methyl sites for hydroxylation is 1. The van der Waals surface area contributed by atoms with Gasteiger partial charge in [-0.05, 0) is 54.8 Å². The van der Waals surface area contributed by atoms with Crippen molar-refractivity contribution in [1.29, 1.82) is 5.26 Å². The zero-order valence-corrected chi connectivity index (χ0v) is 21.0. The molecule has 0 saturated heterocycles. The summed E-state index contributed by atoms with van der Waals surface area (Å²) in [6, 6.07) is 23.5. The molecule has 1 heterocycles. The van der Waals surface area contributed by atoms with Crippen molar-refractivity contribution in [2.45, 2.75) is 38.6 Å². The van der Waals surface area contributed by atoms with Crippen LogP contribution in [-0.4, -0.2) is 31.3 Å². The van der Waals surface area contributed by atoms with Gasteiger partial charge in [-0.25, -0.2) is 4.39 Å². The highest BCUT2D eigenvalue weighted by molar-refractivity contribution is 7.99. The van der Waals surface area contributed by atoms with Crippen LogP contribution in [-0.2, 0) is 24.4 Å². The summed E-state index contributed by atoms with van der Waals surface area (Å²) < 4.78 is 15.8. The molecule has 0 unspecified atom stereocenters. The van der Waals surface area contributed by atoms with Crippen molar-refractivity contribution < 1.29 is 9.18 Å². The van der Waals surface area contributed by atoms with Gasteiger partial charge >= 0.3 is 0 Å². The summed E-state index contributed by atoms with van der Waals surface area (Å²) in [6.07, 6.45) is 0. The predicted molar refractivity (Wildman–Crippen MR) is 138 cm³/mol. The van der Waals surface area contributed by atoms with E-state index in [0.717, 1.165) is 22.5 Å². The second-order valence-corrected chi connectivity index (χ2v) is 9.28. The third kappa shape index (κ3) is 5.99. The van der Waals surface area contributed by atoms with Crippen molar-refractivity contribution in [3.8, 4) is 17.5 Å². The van der Waals surface area contributed by atoms with E-state index in [1.54, 1.807) is 29.2 Å². The van der Waals surface area contributed by atoms with Crippen LogP contribution in [0, 0.1) is 24.1 Å². The topological polar surface area (TPSA) is 74.8 Å². The average Bonchev–Trinajstić information content (AvgIpc) is 3.30. The molecule has 0 bridgehead atoms. The van der Waals surface area contributed by atoms with Crippen molar-refractivity contribution in [2.75, 3.05) is 5.75 Å². The lowest BCUT2D eigenvalue weighted by Crippen LogP contribution is -2.31. The number of carbonyl (C=O) groups excluding carboxylic acids is 1. The van der Waals surface area contributed by atoms with Gasteiger partial charge in [-0.2, -0.15) is 5.26 Å². The standard InChI is InChI=1S/C28H26FN5OS/c1-3-34-27(25-10-5-4-7-20(25)2)31-32-28(34)36-19-26(35)33(18-23-8-6-9-24(29)15-23)17-22-13-11-21(16-30)12-14-22/h4-15H,3,17-19H2,1-2H3. The molecule has 0 aliphatic heterocycles. The molecule has 36 heavy (non-hydrogen) atoms. The number of hydrogen-bond acceptors (Lipinski definition) is 5. The molecule has 0 saturated carbocycles. The summed E-state index contributed by atoms with van der Waals surface area (Å²) in [5, 5.41) is 18.5. The summed E-state index contributed by atoms with van der Waals surface area (Å²) in [5.41, 5.74) is 4.28. The van der Waals surface area contributed by atoms with Crippen molar-refractivity contribution in [2.24, 2.45) is 0 Å². The molecule has 0 radical (unpaired) electrons. The Bertz CT molecular complexity index is 1390. The molecule has 0 aliphatic rings. The number of nitriles is 1. The zero-order valence-electron chi connectivity index (χ0n) is 20.2. The van der Waals surface area contributed by atoms with Crippen LogP contribution < -0.4 is 0 Å². The predicted octanol–water partition coefficient (Wildman–Crippen LogP) is 5.61. The van der Waals surface area contributed by atoms with Gasteiger partial charge in [0.05, 0.1) is 17.4 Å². The van der Waals surface area contributed by atoms with E-state index >= 15 is 0 Å². The van der Waals surface area contributed by atoms with E-state index in [2.05, 4.69) is 16.3 Å². The Hall–Kier alpha value is -3.96. The molecule has 0 atom stereocenters. The Morgan fingerprint density at radius 3 is 2.47 bits per heavy atom. The lowest BCUT2D eigenvalue weighted by atomic mass is 10.1. The van der Waals surface area contributed by atoms with E-state index in [0.29, 0.717) is 29.4 Å². The molecule has 182 valence electrons. The Labute approximate surface area is 214 Å². The Morgan fingerprint density at radius 2 is 1.78 bits per heavy atom. The summed E-state index contributed by atoms with van der Waals surface area (Å²) in [5.74, 6) is 0.501. The number of halogens is 1. The molecule has 0 spiro atoms. The highest BCUT2D eigenvalue weighted by Crippen LogP contribution is 2.26. The van der Waals surface area contributed by atoms with Crippen molar-refractivity contribution >= 4 is 17.7 Å².